The Hall–Kier alpha value is -2.03. The average molecular weight is 308 g/mol. The molecule has 0 N–H and O–H groups in total. The van der Waals surface area contributed by atoms with Crippen molar-refractivity contribution in [3.8, 4) is 5.75 Å². The first-order valence-corrected chi connectivity index (χ1v) is 6.56. The molecule has 0 amide bonds. The van der Waals surface area contributed by atoms with Crippen molar-refractivity contribution in [3.05, 3.63) is 40.2 Å². The number of halogens is 3. The van der Waals surface area contributed by atoms with E-state index in [1.54, 1.807) is 0 Å². The van der Waals surface area contributed by atoms with Gasteiger partial charge in [0.05, 0.1) is 5.39 Å². The quantitative estimate of drug-likeness (QED) is 0.629. The average Bonchev–Trinajstić information content (AvgIpc) is 2.25. The first-order chi connectivity index (χ1) is 9.10. The Morgan fingerprint density at radius 1 is 1.20 bits per heavy atom. The summed E-state index contributed by atoms with van der Waals surface area (Å²) in [7, 11) is -5.76. The summed E-state index contributed by atoms with van der Waals surface area (Å²) in [6.45, 7) is 1.47. The van der Waals surface area contributed by atoms with Gasteiger partial charge in [0.25, 0.3) is 0 Å². The molecule has 1 heterocycles. The molecule has 0 unspecified atom stereocenters. The van der Waals surface area contributed by atoms with Gasteiger partial charge >= 0.3 is 15.6 Å². The molecule has 0 spiro atoms. The lowest BCUT2D eigenvalue weighted by Crippen LogP contribution is -2.28. The van der Waals surface area contributed by atoms with Gasteiger partial charge in [0, 0.05) is 12.1 Å². The highest BCUT2D eigenvalue weighted by Crippen LogP contribution is 2.28. The van der Waals surface area contributed by atoms with E-state index in [4.69, 9.17) is 4.42 Å². The van der Waals surface area contributed by atoms with Crippen LogP contribution in [0.15, 0.2) is 33.5 Å². The van der Waals surface area contributed by atoms with Crippen LogP contribution in [0, 0.1) is 6.92 Å². The minimum atomic E-state index is -5.76. The minimum Gasteiger partial charge on any atom is -0.461 e. The van der Waals surface area contributed by atoms with Crippen molar-refractivity contribution in [2.75, 3.05) is 0 Å². The van der Waals surface area contributed by atoms with E-state index in [-0.39, 0.29) is 16.7 Å². The first kappa shape index (κ1) is 14.4. The van der Waals surface area contributed by atoms with Crippen molar-refractivity contribution in [2.45, 2.75) is 12.4 Å². The van der Waals surface area contributed by atoms with Crippen molar-refractivity contribution in [1.29, 1.82) is 0 Å². The molecule has 0 aliphatic heterocycles. The molecular weight excluding hydrogens is 301 g/mol. The van der Waals surface area contributed by atoms with Crippen molar-refractivity contribution in [1.82, 2.24) is 0 Å². The number of alkyl halides is 3. The monoisotopic (exact) mass is 308 g/mol. The van der Waals surface area contributed by atoms with Crippen LogP contribution in [-0.4, -0.2) is 13.9 Å². The van der Waals surface area contributed by atoms with Gasteiger partial charge in [-0.3, -0.25) is 4.79 Å². The molecule has 0 radical (unpaired) electrons. The van der Waals surface area contributed by atoms with Crippen LogP contribution in [0.2, 0.25) is 0 Å². The minimum absolute atomic E-state index is 0.0649. The molecule has 0 fully saturated rings. The summed E-state index contributed by atoms with van der Waals surface area (Å²) in [5, 5.41) is 0.104. The summed E-state index contributed by atoms with van der Waals surface area (Å²) in [6.07, 6.45) is 0. The largest absolute Gasteiger partial charge is 0.534 e. The second-order valence-electron chi connectivity index (χ2n) is 3.86. The molecule has 9 heteroatoms. The Bertz CT molecular complexity index is 820. The first-order valence-electron chi connectivity index (χ1n) is 5.15. The highest BCUT2D eigenvalue weighted by atomic mass is 32.2. The number of rotatable bonds is 2. The van der Waals surface area contributed by atoms with Gasteiger partial charge in [0.1, 0.15) is 17.1 Å². The fourth-order valence-corrected chi connectivity index (χ4v) is 1.93. The highest BCUT2D eigenvalue weighted by molar-refractivity contribution is 7.88. The second kappa shape index (κ2) is 4.51. The third kappa shape index (κ3) is 2.62. The third-order valence-electron chi connectivity index (χ3n) is 2.31. The second-order valence-corrected chi connectivity index (χ2v) is 5.40. The molecule has 2 rings (SSSR count). The van der Waals surface area contributed by atoms with E-state index in [0.717, 1.165) is 18.2 Å². The molecule has 5 nitrogen and oxygen atoms in total. The topological polar surface area (TPSA) is 73.6 Å². The van der Waals surface area contributed by atoms with Gasteiger partial charge in [-0.25, -0.2) is 0 Å². The molecule has 0 saturated heterocycles. The van der Waals surface area contributed by atoms with Crippen LogP contribution in [-0.2, 0) is 10.1 Å². The number of hydrogen-bond donors (Lipinski definition) is 0. The van der Waals surface area contributed by atoms with Gasteiger partial charge in [-0.2, -0.15) is 21.6 Å². The maximum absolute atomic E-state index is 12.2. The summed E-state index contributed by atoms with van der Waals surface area (Å²) < 4.78 is 67.3. The summed E-state index contributed by atoms with van der Waals surface area (Å²) >= 11 is 0. The number of aryl methyl sites for hydroxylation is 1. The third-order valence-corrected chi connectivity index (χ3v) is 3.29. The van der Waals surface area contributed by atoms with Crippen molar-refractivity contribution >= 4 is 21.1 Å². The molecule has 0 aliphatic carbocycles. The van der Waals surface area contributed by atoms with E-state index in [9.17, 15) is 26.4 Å². The number of hydrogen-bond acceptors (Lipinski definition) is 5. The van der Waals surface area contributed by atoms with E-state index in [1.807, 2.05) is 0 Å². The van der Waals surface area contributed by atoms with Gasteiger partial charge in [-0.05, 0) is 19.1 Å². The highest BCUT2D eigenvalue weighted by Gasteiger charge is 2.48. The van der Waals surface area contributed by atoms with Crippen LogP contribution in [0.4, 0.5) is 13.2 Å². The molecule has 0 atom stereocenters. The fraction of sp³-hybridized carbons (Fsp3) is 0.182. The zero-order valence-electron chi connectivity index (χ0n) is 9.89. The lowest BCUT2D eigenvalue weighted by Gasteiger charge is -2.09. The van der Waals surface area contributed by atoms with Crippen LogP contribution in [0.1, 0.15) is 5.76 Å². The number of fused-ring (bicyclic) bond motifs is 1. The van der Waals surface area contributed by atoms with Crippen molar-refractivity contribution in [3.63, 3.8) is 0 Å². The van der Waals surface area contributed by atoms with E-state index >= 15 is 0 Å². The summed E-state index contributed by atoms with van der Waals surface area (Å²) in [5.74, 6) is -0.359. The molecule has 1 aromatic carbocycles. The predicted molar refractivity (Wildman–Crippen MR) is 62.8 cm³/mol. The molecule has 0 bridgehead atoms. The molecule has 108 valence electrons. The zero-order valence-corrected chi connectivity index (χ0v) is 10.7. The Balaban J connectivity index is 2.51. The van der Waals surface area contributed by atoms with E-state index < -0.39 is 26.8 Å². The SMILES string of the molecule is Cc1cc(=O)c2ccc(OS(=O)(=O)C(F)(F)F)cc2o1. The van der Waals surface area contributed by atoms with Gasteiger partial charge in [-0.15, -0.1) is 0 Å². The molecule has 0 saturated carbocycles. The Morgan fingerprint density at radius 2 is 1.85 bits per heavy atom. The van der Waals surface area contributed by atoms with Crippen LogP contribution < -0.4 is 9.61 Å². The Kier molecular flexibility index (Phi) is 3.24. The predicted octanol–water partition coefficient (Wildman–Crippen LogP) is 2.33. The molecule has 2 aromatic rings. The maximum Gasteiger partial charge on any atom is 0.534 e. The summed E-state index contributed by atoms with van der Waals surface area (Å²) in [6, 6.07) is 4.18. The van der Waals surface area contributed by atoms with E-state index in [1.165, 1.54) is 13.0 Å². The molecule has 20 heavy (non-hydrogen) atoms. The smallest absolute Gasteiger partial charge is 0.461 e. The van der Waals surface area contributed by atoms with Crippen LogP contribution in [0.5, 0.6) is 5.75 Å². The lowest BCUT2D eigenvalue weighted by atomic mass is 10.2. The van der Waals surface area contributed by atoms with E-state index in [2.05, 4.69) is 4.18 Å². The fourth-order valence-electron chi connectivity index (χ4n) is 1.48. The van der Waals surface area contributed by atoms with Crippen LogP contribution in [0.25, 0.3) is 11.0 Å². The van der Waals surface area contributed by atoms with Gasteiger partial charge in [0.2, 0.25) is 0 Å². The Labute approximate surface area is 110 Å². The molecule has 1 aromatic heterocycles. The number of benzene rings is 1. The van der Waals surface area contributed by atoms with Gasteiger partial charge in [0.15, 0.2) is 5.43 Å². The van der Waals surface area contributed by atoms with Crippen molar-refractivity contribution < 1.29 is 30.2 Å². The standard InChI is InChI=1S/C11H7F3O5S/c1-6-4-9(15)8-3-2-7(5-10(8)18-6)19-20(16,17)11(12,13)14/h2-5H,1H3. The maximum atomic E-state index is 12.2. The molecule has 0 aliphatic rings. The van der Waals surface area contributed by atoms with Gasteiger partial charge < -0.3 is 8.60 Å². The van der Waals surface area contributed by atoms with Gasteiger partial charge in [-0.1, -0.05) is 0 Å². The summed E-state index contributed by atoms with van der Waals surface area (Å²) in [4.78, 5) is 11.6. The molecular formula is C11H7F3O5S. The van der Waals surface area contributed by atoms with Crippen LogP contribution in [0.3, 0.4) is 0 Å². The van der Waals surface area contributed by atoms with Crippen LogP contribution >= 0.6 is 0 Å². The van der Waals surface area contributed by atoms with E-state index in [0.29, 0.717) is 0 Å². The Morgan fingerprint density at radius 3 is 2.45 bits per heavy atom. The lowest BCUT2D eigenvalue weighted by molar-refractivity contribution is -0.0500. The normalized spacial score (nSPS) is 12.6. The zero-order chi connectivity index (χ0) is 15.1. The summed E-state index contributed by atoms with van der Waals surface area (Å²) in [5.41, 5.74) is -5.99. The van der Waals surface area contributed by atoms with Crippen molar-refractivity contribution in [2.24, 2.45) is 0 Å².